The first kappa shape index (κ1) is 12.5. The molecule has 1 aromatic rings. The van der Waals surface area contributed by atoms with E-state index in [2.05, 4.69) is 15.9 Å². The molecular formula is C12H15BrN2O2. The van der Waals surface area contributed by atoms with E-state index in [1.54, 1.807) is 0 Å². The molecule has 0 aliphatic carbocycles. The van der Waals surface area contributed by atoms with Crippen molar-refractivity contribution in [1.29, 1.82) is 0 Å². The van der Waals surface area contributed by atoms with E-state index in [-0.39, 0.29) is 12.0 Å². The summed E-state index contributed by atoms with van der Waals surface area (Å²) < 4.78 is 0.976. The second-order valence-electron chi connectivity index (χ2n) is 4.13. The number of nitrogens with two attached hydrogens (primary N) is 1. The number of amides is 1. The van der Waals surface area contributed by atoms with Crippen LogP contribution in [0.25, 0.3) is 0 Å². The standard InChI is InChI=1S/C12H15BrN2O2/c13-10-3-1-9(2-4-10)12(16)15-7-5-11(17-14)6-8-15/h1-4,11H,5-8,14H2. The van der Waals surface area contributed by atoms with Gasteiger partial charge in [0, 0.05) is 23.1 Å². The van der Waals surface area contributed by atoms with E-state index in [0.29, 0.717) is 13.1 Å². The molecule has 1 aliphatic heterocycles. The molecule has 17 heavy (non-hydrogen) atoms. The van der Waals surface area contributed by atoms with Crippen LogP contribution in [0.2, 0.25) is 0 Å². The van der Waals surface area contributed by atoms with Crippen LogP contribution in [-0.2, 0) is 4.84 Å². The third-order valence-corrected chi connectivity index (χ3v) is 3.54. The summed E-state index contributed by atoms with van der Waals surface area (Å²) in [7, 11) is 0. The van der Waals surface area contributed by atoms with Gasteiger partial charge in [0.05, 0.1) is 6.10 Å². The van der Waals surface area contributed by atoms with Gasteiger partial charge in [0.1, 0.15) is 0 Å². The summed E-state index contributed by atoms with van der Waals surface area (Å²) in [6.45, 7) is 1.41. The normalized spacial score (nSPS) is 17.2. The van der Waals surface area contributed by atoms with Gasteiger partial charge >= 0.3 is 0 Å². The van der Waals surface area contributed by atoms with Crippen molar-refractivity contribution in [3.8, 4) is 0 Å². The van der Waals surface area contributed by atoms with E-state index < -0.39 is 0 Å². The van der Waals surface area contributed by atoms with Gasteiger partial charge in [0.15, 0.2) is 0 Å². The largest absolute Gasteiger partial charge is 0.338 e. The first-order valence-corrected chi connectivity index (χ1v) is 6.40. The summed E-state index contributed by atoms with van der Waals surface area (Å²) in [4.78, 5) is 18.8. The summed E-state index contributed by atoms with van der Waals surface area (Å²) in [5, 5.41) is 0. The van der Waals surface area contributed by atoms with Crippen LogP contribution in [0.4, 0.5) is 0 Å². The zero-order chi connectivity index (χ0) is 12.3. The summed E-state index contributed by atoms with van der Waals surface area (Å²) in [5.74, 6) is 5.22. The zero-order valence-corrected chi connectivity index (χ0v) is 11.0. The fraction of sp³-hybridized carbons (Fsp3) is 0.417. The van der Waals surface area contributed by atoms with Crippen LogP contribution < -0.4 is 5.90 Å². The Morgan fingerprint density at radius 3 is 2.41 bits per heavy atom. The molecule has 0 spiro atoms. The van der Waals surface area contributed by atoms with Gasteiger partial charge in [0.2, 0.25) is 0 Å². The van der Waals surface area contributed by atoms with E-state index in [4.69, 9.17) is 10.7 Å². The van der Waals surface area contributed by atoms with E-state index in [9.17, 15) is 4.79 Å². The highest BCUT2D eigenvalue weighted by Crippen LogP contribution is 2.17. The molecule has 92 valence electrons. The second kappa shape index (κ2) is 5.62. The predicted molar refractivity (Wildman–Crippen MR) is 68.3 cm³/mol. The van der Waals surface area contributed by atoms with E-state index in [1.807, 2.05) is 29.2 Å². The van der Waals surface area contributed by atoms with Crippen LogP contribution in [0.15, 0.2) is 28.7 Å². The predicted octanol–water partition coefficient (Wildman–Crippen LogP) is 1.94. The van der Waals surface area contributed by atoms with E-state index in [0.717, 1.165) is 22.9 Å². The van der Waals surface area contributed by atoms with Gasteiger partial charge in [-0.2, -0.15) is 0 Å². The molecule has 1 saturated heterocycles. The van der Waals surface area contributed by atoms with E-state index in [1.165, 1.54) is 0 Å². The highest BCUT2D eigenvalue weighted by molar-refractivity contribution is 9.10. The van der Waals surface area contributed by atoms with Crippen molar-refractivity contribution in [3.05, 3.63) is 34.3 Å². The highest BCUT2D eigenvalue weighted by Gasteiger charge is 2.23. The maximum Gasteiger partial charge on any atom is 0.253 e. The van der Waals surface area contributed by atoms with Crippen LogP contribution in [0.3, 0.4) is 0 Å². The molecule has 2 rings (SSSR count). The highest BCUT2D eigenvalue weighted by atomic mass is 79.9. The van der Waals surface area contributed by atoms with Gasteiger partial charge in [-0.1, -0.05) is 15.9 Å². The first-order chi connectivity index (χ1) is 8.20. The summed E-state index contributed by atoms with van der Waals surface area (Å²) in [6.07, 6.45) is 1.70. The molecule has 1 amide bonds. The van der Waals surface area contributed by atoms with Crippen LogP contribution in [0.1, 0.15) is 23.2 Å². The van der Waals surface area contributed by atoms with Crippen molar-refractivity contribution in [3.63, 3.8) is 0 Å². The molecular weight excluding hydrogens is 284 g/mol. The van der Waals surface area contributed by atoms with Crippen molar-refractivity contribution in [2.24, 2.45) is 5.90 Å². The topological polar surface area (TPSA) is 55.6 Å². The molecule has 0 unspecified atom stereocenters. The van der Waals surface area contributed by atoms with Gasteiger partial charge in [-0.05, 0) is 37.1 Å². The Morgan fingerprint density at radius 2 is 1.88 bits per heavy atom. The van der Waals surface area contributed by atoms with Crippen molar-refractivity contribution >= 4 is 21.8 Å². The van der Waals surface area contributed by atoms with Gasteiger partial charge in [-0.25, -0.2) is 5.90 Å². The Labute approximate surface area is 109 Å². The van der Waals surface area contributed by atoms with Crippen LogP contribution >= 0.6 is 15.9 Å². The molecule has 1 aliphatic rings. The van der Waals surface area contributed by atoms with Crippen LogP contribution in [0.5, 0.6) is 0 Å². The second-order valence-corrected chi connectivity index (χ2v) is 5.05. The lowest BCUT2D eigenvalue weighted by Gasteiger charge is -2.30. The molecule has 0 radical (unpaired) electrons. The molecule has 0 bridgehead atoms. The smallest absolute Gasteiger partial charge is 0.253 e. The SMILES string of the molecule is NOC1CCN(C(=O)c2ccc(Br)cc2)CC1. The third kappa shape index (κ3) is 3.06. The third-order valence-electron chi connectivity index (χ3n) is 3.01. The van der Waals surface area contributed by atoms with Crippen LogP contribution in [0, 0.1) is 0 Å². The van der Waals surface area contributed by atoms with Crippen molar-refractivity contribution in [2.45, 2.75) is 18.9 Å². The number of halogens is 1. The maximum absolute atomic E-state index is 12.1. The number of likely N-dealkylation sites (tertiary alicyclic amines) is 1. The zero-order valence-electron chi connectivity index (χ0n) is 9.43. The Bertz CT molecular complexity index is 386. The number of benzene rings is 1. The molecule has 5 heteroatoms. The minimum absolute atomic E-state index is 0.0768. The average Bonchev–Trinajstić information content (AvgIpc) is 2.39. The molecule has 4 nitrogen and oxygen atoms in total. The lowest BCUT2D eigenvalue weighted by Crippen LogP contribution is -2.41. The number of nitrogens with zero attached hydrogens (tertiary/aromatic N) is 1. The van der Waals surface area contributed by atoms with Crippen molar-refractivity contribution in [1.82, 2.24) is 4.90 Å². The number of hydrogen-bond acceptors (Lipinski definition) is 3. The minimum atomic E-state index is 0.0768. The monoisotopic (exact) mass is 298 g/mol. The number of rotatable bonds is 2. The fourth-order valence-corrected chi connectivity index (χ4v) is 2.23. The van der Waals surface area contributed by atoms with E-state index >= 15 is 0 Å². The number of hydrogen-bond donors (Lipinski definition) is 1. The Hall–Kier alpha value is -0.910. The molecule has 1 aromatic carbocycles. The van der Waals surface area contributed by atoms with Crippen LogP contribution in [-0.4, -0.2) is 30.0 Å². The molecule has 1 fully saturated rings. The lowest BCUT2D eigenvalue weighted by atomic mass is 10.1. The molecule has 1 heterocycles. The minimum Gasteiger partial charge on any atom is -0.338 e. The first-order valence-electron chi connectivity index (χ1n) is 5.61. The molecule has 2 N–H and O–H groups in total. The van der Waals surface area contributed by atoms with Crippen molar-refractivity contribution in [2.75, 3.05) is 13.1 Å². The molecule has 0 aromatic heterocycles. The summed E-state index contributed by atoms with van der Waals surface area (Å²) in [5.41, 5.74) is 0.723. The maximum atomic E-state index is 12.1. The fourth-order valence-electron chi connectivity index (χ4n) is 1.97. The Balaban J connectivity index is 1.99. The quantitative estimate of drug-likeness (QED) is 0.849. The Morgan fingerprint density at radius 1 is 1.29 bits per heavy atom. The number of piperidine rings is 1. The van der Waals surface area contributed by atoms with Gasteiger partial charge < -0.3 is 9.74 Å². The summed E-state index contributed by atoms with van der Waals surface area (Å²) in [6, 6.07) is 7.42. The average molecular weight is 299 g/mol. The number of carbonyl (C=O) groups is 1. The molecule has 0 atom stereocenters. The van der Waals surface area contributed by atoms with Gasteiger partial charge in [0.25, 0.3) is 5.91 Å². The lowest BCUT2D eigenvalue weighted by molar-refractivity contribution is 0.00781. The number of carbonyl (C=O) groups excluding carboxylic acids is 1. The van der Waals surface area contributed by atoms with Crippen molar-refractivity contribution < 1.29 is 9.63 Å². The Kier molecular flexibility index (Phi) is 4.15. The summed E-state index contributed by atoms with van der Waals surface area (Å²) >= 11 is 3.35. The van der Waals surface area contributed by atoms with Gasteiger partial charge in [-0.3, -0.25) is 4.79 Å². The van der Waals surface area contributed by atoms with Gasteiger partial charge in [-0.15, -0.1) is 0 Å². The molecule has 0 saturated carbocycles.